The van der Waals surface area contributed by atoms with E-state index in [4.69, 9.17) is 13.9 Å². The Labute approximate surface area is 209 Å². The van der Waals surface area contributed by atoms with Gasteiger partial charge in [0.05, 0.1) is 17.4 Å². The third-order valence-corrected chi connectivity index (χ3v) is 8.73. The summed E-state index contributed by atoms with van der Waals surface area (Å²) < 4.78 is 43.9. The fourth-order valence-electron chi connectivity index (χ4n) is 4.92. The molecule has 0 saturated carbocycles. The highest BCUT2D eigenvalue weighted by Gasteiger charge is 2.30. The maximum atomic E-state index is 13.0. The van der Waals surface area contributed by atoms with Crippen molar-refractivity contribution in [2.24, 2.45) is 0 Å². The third kappa shape index (κ3) is 4.46. The molecule has 1 saturated heterocycles. The number of amides is 1. The summed E-state index contributed by atoms with van der Waals surface area (Å²) in [6.45, 7) is 2.65. The van der Waals surface area contributed by atoms with Gasteiger partial charge >= 0.3 is 5.63 Å². The zero-order valence-electron chi connectivity index (χ0n) is 20.3. The lowest BCUT2D eigenvalue weighted by atomic mass is 10.0. The average molecular weight is 513 g/mol. The number of methoxy groups -OCH3 is 1. The molecule has 1 aromatic heterocycles. The molecule has 1 fully saturated rings. The molecule has 3 aromatic rings. The van der Waals surface area contributed by atoms with E-state index in [0.717, 1.165) is 29.4 Å². The van der Waals surface area contributed by atoms with Gasteiger partial charge in [-0.2, -0.15) is 4.31 Å². The number of hydrogen-bond acceptors (Lipinski definition) is 7. The molecule has 5 rings (SSSR count). The van der Waals surface area contributed by atoms with Crippen LogP contribution in [0.25, 0.3) is 11.0 Å². The SMILES string of the molecule is COc1ccc(S(=O)(=O)N2CCN(C(=O)COc3cc(C)cc4oc(=O)c5c(c34)CCC5)CC2)cc1. The topological polar surface area (TPSA) is 106 Å². The van der Waals surface area contributed by atoms with Gasteiger partial charge in [-0.05, 0) is 73.7 Å². The van der Waals surface area contributed by atoms with E-state index >= 15 is 0 Å². The molecule has 1 amide bonds. The van der Waals surface area contributed by atoms with Crippen LogP contribution in [-0.2, 0) is 27.7 Å². The van der Waals surface area contributed by atoms with E-state index in [-0.39, 0.29) is 49.2 Å². The lowest BCUT2D eigenvalue weighted by molar-refractivity contribution is -0.134. The first-order valence-electron chi connectivity index (χ1n) is 11.9. The number of nitrogens with zero attached hydrogens (tertiary/aromatic N) is 2. The molecule has 1 aliphatic heterocycles. The average Bonchev–Trinajstić information content (AvgIpc) is 3.37. The predicted molar refractivity (Wildman–Crippen MR) is 133 cm³/mol. The lowest BCUT2D eigenvalue weighted by Crippen LogP contribution is -2.51. The normalized spacial score (nSPS) is 16.2. The van der Waals surface area contributed by atoms with E-state index in [0.29, 0.717) is 29.1 Å². The van der Waals surface area contributed by atoms with E-state index in [1.807, 2.05) is 19.1 Å². The number of benzene rings is 2. The number of sulfonamides is 1. The number of carbonyl (C=O) groups is 1. The second-order valence-corrected chi connectivity index (χ2v) is 11.0. The van der Waals surface area contributed by atoms with Gasteiger partial charge in [0, 0.05) is 31.7 Å². The van der Waals surface area contributed by atoms with Crippen molar-refractivity contribution in [3.05, 3.63) is 63.5 Å². The Morgan fingerprint density at radius 3 is 2.42 bits per heavy atom. The standard InChI is InChI=1S/C26H28N2O7S/c1-17-14-22(25-20-4-3-5-21(20)26(30)35-23(25)15-17)34-16-24(29)27-10-12-28(13-11-27)36(31,32)19-8-6-18(33-2)7-9-19/h6-9,14-15H,3-5,10-13,16H2,1-2H3. The smallest absolute Gasteiger partial charge is 0.339 e. The monoisotopic (exact) mass is 512 g/mol. The fourth-order valence-corrected chi connectivity index (χ4v) is 6.35. The Hall–Kier alpha value is -3.37. The van der Waals surface area contributed by atoms with Crippen LogP contribution in [0.3, 0.4) is 0 Å². The molecule has 0 atom stereocenters. The number of carbonyl (C=O) groups excluding carboxylic acids is 1. The van der Waals surface area contributed by atoms with Gasteiger partial charge in [-0.25, -0.2) is 13.2 Å². The molecular weight excluding hydrogens is 484 g/mol. The van der Waals surface area contributed by atoms with Gasteiger partial charge in [0.2, 0.25) is 10.0 Å². The van der Waals surface area contributed by atoms with Gasteiger partial charge in [-0.15, -0.1) is 0 Å². The molecule has 2 aliphatic rings. The van der Waals surface area contributed by atoms with Crippen molar-refractivity contribution in [1.29, 1.82) is 0 Å². The first-order chi connectivity index (χ1) is 17.3. The number of rotatable bonds is 6. The summed E-state index contributed by atoms with van der Waals surface area (Å²) in [6, 6.07) is 9.92. The first kappa shape index (κ1) is 24.3. The van der Waals surface area contributed by atoms with E-state index in [2.05, 4.69) is 0 Å². The second-order valence-electron chi connectivity index (χ2n) is 9.09. The van der Waals surface area contributed by atoms with Gasteiger partial charge in [0.1, 0.15) is 17.1 Å². The number of aryl methyl sites for hydroxylation is 2. The highest BCUT2D eigenvalue weighted by atomic mass is 32.2. The van der Waals surface area contributed by atoms with E-state index < -0.39 is 10.0 Å². The molecule has 9 nitrogen and oxygen atoms in total. The number of ether oxygens (including phenoxy) is 2. The maximum Gasteiger partial charge on any atom is 0.339 e. The Morgan fingerprint density at radius 1 is 1.03 bits per heavy atom. The van der Waals surface area contributed by atoms with Crippen molar-refractivity contribution in [2.75, 3.05) is 39.9 Å². The Kier molecular flexibility index (Phi) is 6.48. The molecule has 36 heavy (non-hydrogen) atoms. The highest BCUT2D eigenvalue weighted by molar-refractivity contribution is 7.89. The molecule has 0 N–H and O–H groups in total. The molecule has 10 heteroatoms. The molecule has 0 bridgehead atoms. The quantitative estimate of drug-likeness (QED) is 0.467. The summed E-state index contributed by atoms with van der Waals surface area (Å²) in [4.78, 5) is 27.0. The summed E-state index contributed by atoms with van der Waals surface area (Å²) in [5.74, 6) is 0.888. The minimum Gasteiger partial charge on any atom is -0.497 e. The minimum absolute atomic E-state index is 0.183. The van der Waals surface area contributed by atoms with Crippen LogP contribution in [-0.4, -0.2) is 63.4 Å². The molecule has 0 spiro atoms. The van der Waals surface area contributed by atoms with E-state index in [9.17, 15) is 18.0 Å². The van der Waals surface area contributed by atoms with Crippen LogP contribution in [0.15, 0.2) is 50.5 Å². The predicted octanol–water partition coefficient (Wildman–Crippen LogP) is 2.51. The van der Waals surface area contributed by atoms with Crippen LogP contribution in [0.5, 0.6) is 11.5 Å². The molecule has 190 valence electrons. The third-order valence-electron chi connectivity index (χ3n) is 6.82. The summed E-state index contributed by atoms with van der Waals surface area (Å²) in [7, 11) is -2.13. The lowest BCUT2D eigenvalue weighted by Gasteiger charge is -2.34. The van der Waals surface area contributed by atoms with Crippen LogP contribution in [0.4, 0.5) is 0 Å². The Bertz CT molecular complexity index is 1470. The summed E-state index contributed by atoms with van der Waals surface area (Å²) in [5, 5.41) is 0.760. The van der Waals surface area contributed by atoms with Crippen molar-refractivity contribution in [3.8, 4) is 11.5 Å². The van der Waals surface area contributed by atoms with Crippen molar-refractivity contribution in [3.63, 3.8) is 0 Å². The molecule has 1 aliphatic carbocycles. The Morgan fingerprint density at radius 2 is 1.72 bits per heavy atom. The van der Waals surface area contributed by atoms with Crippen LogP contribution < -0.4 is 15.1 Å². The van der Waals surface area contributed by atoms with Crippen molar-refractivity contribution in [1.82, 2.24) is 9.21 Å². The molecule has 2 aromatic carbocycles. The van der Waals surface area contributed by atoms with E-state index in [1.54, 1.807) is 17.0 Å². The second kappa shape index (κ2) is 9.59. The van der Waals surface area contributed by atoms with Gasteiger partial charge in [0.25, 0.3) is 5.91 Å². The van der Waals surface area contributed by atoms with E-state index in [1.165, 1.54) is 23.5 Å². The van der Waals surface area contributed by atoms with Crippen LogP contribution in [0.2, 0.25) is 0 Å². The van der Waals surface area contributed by atoms with Crippen molar-refractivity contribution < 1.29 is 27.1 Å². The zero-order valence-corrected chi connectivity index (χ0v) is 21.1. The van der Waals surface area contributed by atoms with Crippen LogP contribution >= 0.6 is 0 Å². The van der Waals surface area contributed by atoms with Gasteiger partial charge < -0.3 is 18.8 Å². The summed E-state index contributed by atoms with van der Waals surface area (Å²) in [6.07, 6.45) is 2.34. The summed E-state index contributed by atoms with van der Waals surface area (Å²) in [5.41, 5.74) is 2.67. The number of piperazine rings is 1. The largest absolute Gasteiger partial charge is 0.497 e. The molecule has 0 radical (unpaired) electrons. The zero-order chi connectivity index (χ0) is 25.4. The highest BCUT2D eigenvalue weighted by Crippen LogP contribution is 2.35. The first-order valence-corrected chi connectivity index (χ1v) is 13.4. The molecule has 0 unspecified atom stereocenters. The van der Waals surface area contributed by atoms with Crippen molar-refractivity contribution in [2.45, 2.75) is 31.1 Å². The van der Waals surface area contributed by atoms with Crippen molar-refractivity contribution >= 4 is 26.9 Å². The number of fused-ring (bicyclic) bond motifs is 3. The van der Waals surface area contributed by atoms with Gasteiger partial charge in [-0.1, -0.05) is 0 Å². The maximum absolute atomic E-state index is 13.0. The van der Waals surface area contributed by atoms with Gasteiger partial charge in [0.15, 0.2) is 6.61 Å². The molecule has 2 heterocycles. The van der Waals surface area contributed by atoms with Gasteiger partial charge in [-0.3, -0.25) is 4.79 Å². The summed E-state index contributed by atoms with van der Waals surface area (Å²) >= 11 is 0. The fraction of sp³-hybridized carbons (Fsp3) is 0.385. The number of hydrogen-bond donors (Lipinski definition) is 0. The van der Waals surface area contributed by atoms with Crippen LogP contribution in [0, 0.1) is 6.92 Å². The Balaban J connectivity index is 1.26. The molecular formula is C26H28N2O7S. The minimum atomic E-state index is -3.66. The van der Waals surface area contributed by atoms with Crippen LogP contribution in [0.1, 0.15) is 23.1 Å².